The molecule has 0 saturated carbocycles. The van der Waals surface area contributed by atoms with Crippen molar-refractivity contribution >= 4 is 0 Å². The number of rotatable bonds is 18. The molecule has 6 heteroatoms. The lowest BCUT2D eigenvalue weighted by Crippen LogP contribution is -2.34. The Morgan fingerprint density at radius 2 is 0.860 bits per heavy atom. The van der Waals surface area contributed by atoms with E-state index in [0.29, 0.717) is 36.2 Å². The van der Waals surface area contributed by atoms with Gasteiger partial charge in [0.25, 0.3) is 0 Å². The molecule has 0 amide bonds. The lowest BCUT2D eigenvalue weighted by Gasteiger charge is -2.35. The summed E-state index contributed by atoms with van der Waals surface area (Å²) in [7, 11) is 0. The number of benzene rings is 3. The third kappa shape index (κ3) is 10.5. The summed E-state index contributed by atoms with van der Waals surface area (Å²) < 4.78 is 55.8. The fourth-order valence-corrected chi connectivity index (χ4v) is 7.38. The first kappa shape index (κ1) is 38.6. The molecule has 3 aromatic carbocycles. The first-order valence-corrected chi connectivity index (χ1v) is 19.6. The van der Waals surface area contributed by atoms with E-state index < -0.39 is 24.2 Å². The van der Waals surface area contributed by atoms with E-state index in [1.165, 1.54) is 77.0 Å². The normalized spacial score (nSPS) is 24.0. The number of halogens is 2. The van der Waals surface area contributed by atoms with Crippen LogP contribution in [0.15, 0.2) is 60.7 Å². The van der Waals surface area contributed by atoms with Crippen molar-refractivity contribution in [2.45, 2.75) is 142 Å². The number of ether oxygens (including phenoxy) is 4. The third-order valence-electron chi connectivity index (χ3n) is 10.9. The first-order chi connectivity index (χ1) is 24.4. The predicted octanol–water partition coefficient (Wildman–Crippen LogP) is 12.9. The fraction of sp³-hybridized carbons (Fsp3) is 0.591. The van der Waals surface area contributed by atoms with E-state index >= 15 is 8.78 Å². The molecule has 6 atom stereocenters. The van der Waals surface area contributed by atoms with E-state index in [1.807, 2.05) is 48.5 Å². The number of unbranched alkanes of at least 4 members (excludes halogenated alkanes) is 10. The minimum absolute atomic E-state index is 0.107. The number of hydrogen-bond donors (Lipinski definition) is 0. The van der Waals surface area contributed by atoms with Crippen molar-refractivity contribution in [2.24, 2.45) is 11.8 Å². The Labute approximate surface area is 300 Å². The van der Waals surface area contributed by atoms with Crippen molar-refractivity contribution in [1.29, 1.82) is 0 Å². The van der Waals surface area contributed by atoms with E-state index in [9.17, 15) is 0 Å². The van der Waals surface area contributed by atoms with Gasteiger partial charge in [-0.1, -0.05) is 152 Å². The van der Waals surface area contributed by atoms with Crippen LogP contribution < -0.4 is 0 Å². The van der Waals surface area contributed by atoms with Crippen LogP contribution in [0.3, 0.4) is 0 Å². The summed E-state index contributed by atoms with van der Waals surface area (Å²) in [5, 5.41) is 0. The minimum Gasteiger partial charge on any atom is -0.348 e. The van der Waals surface area contributed by atoms with Crippen molar-refractivity contribution in [3.8, 4) is 22.3 Å². The van der Waals surface area contributed by atoms with Gasteiger partial charge in [-0.25, -0.2) is 8.78 Å². The highest BCUT2D eigenvalue weighted by molar-refractivity contribution is 5.72. The van der Waals surface area contributed by atoms with E-state index in [1.54, 1.807) is 12.1 Å². The van der Waals surface area contributed by atoms with E-state index in [0.717, 1.165) is 24.0 Å². The molecule has 0 spiro atoms. The average Bonchev–Trinajstić information content (AvgIpc) is 3.13. The van der Waals surface area contributed by atoms with Crippen LogP contribution in [0.25, 0.3) is 22.3 Å². The van der Waals surface area contributed by atoms with Gasteiger partial charge in [0.1, 0.15) is 0 Å². The van der Waals surface area contributed by atoms with E-state index in [-0.39, 0.29) is 23.3 Å². The van der Waals surface area contributed by atoms with Crippen LogP contribution in [-0.2, 0) is 18.9 Å². The summed E-state index contributed by atoms with van der Waals surface area (Å²) in [6, 6.07) is 18.1. The van der Waals surface area contributed by atoms with Gasteiger partial charge in [-0.05, 0) is 37.8 Å². The Morgan fingerprint density at radius 1 is 0.500 bits per heavy atom. The molecule has 2 saturated heterocycles. The summed E-state index contributed by atoms with van der Waals surface area (Å²) in [4.78, 5) is 0. The highest BCUT2D eigenvalue weighted by Gasteiger charge is 2.31. The molecule has 0 radical (unpaired) electrons. The second-order valence-electron chi connectivity index (χ2n) is 14.7. The van der Waals surface area contributed by atoms with Crippen LogP contribution in [0, 0.1) is 23.5 Å². The maximum atomic E-state index is 15.5. The smallest absolute Gasteiger partial charge is 0.184 e. The molecule has 6 unspecified atom stereocenters. The molecule has 4 nitrogen and oxygen atoms in total. The number of hydrogen-bond acceptors (Lipinski definition) is 4. The van der Waals surface area contributed by atoms with Crippen LogP contribution in [0.5, 0.6) is 0 Å². The Balaban J connectivity index is 1.13. The highest BCUT2D eigenvalue weighted by Crippen LogP contribution is 2.37. The van der Waals surface area contributed by atoms with Gasteiger partial charge in [0, 0.05) is 34.1 Å². The van der Waals surface area contributed by atoms with Crippen molar-refractivity contribution in [3.05, 3.63) is 83.4 Å². The topological polar surface area (TPSA) is 36.9 Å². The second kappa shape index (κ2) is 19.8. The molecule has 0 N–H and O–H groups in total. The molecular weight excluding hydrogens is 630 g/mol. The highest BCUT2D eigenvalue weighted by atomic mass is 19.2. The quantitative estimate of drug-likeness (QED) is 0.125. The Hall–Kier alpha value is -2.64. The first-order valence-electron chi connectivity index (χ1n) is 19.6. The zero-order chi connectivity index (χ0) is 35.3. The lowest BCUT2D eigenvalue weighted by atomic mass is 9.95. The van der Waals surface area contributed by atoms with Gasteiger partial charge < -0.3 is 18.9 Å². The van der Waals surface area contributed by atoms with Crippen molar-refractivity contribution < 1.29 is 27.7 Å². The average molecular weight is 691 g/mol. The van der Waals surface area contributed by atoms with Gasteiger partial charge in [-0.3, -0.25) is 0 Å². The molecule has 2 heterocycles. The summed E-state index contributed by atoms with van der Waals surface area (Å²) in [5.74, 6) is -0.929. The van der Waals surface area contributed by atoms with Crippen LogP contribution in [0.2, 0.25) is 0 Å². The standard InChI is InChI=1S/C44H60F2O4/c1-5-7-9-11-13-15-17-37-29-47-43(49-31(37)3)35-23-19-33(20-24-35)39-27-28-40(42(46)41(39)45)34-21-25-36(26-22-34)44-48-30-38(32(4)50-44)18-16-14-12-10-8-6-2/h19-28,31-32,37-38,43-44H,5-18,29-30H2,1-4H3. The molecule has 2 fully saturated rings. The minimum atomic E-state index is -0.861. The molecule has 50 heavy (non-hydrogen) atoms. The molecule has 5 rings (SSSR count). The molecule has 0 aromatic heterocycles. The lowest BCUT2D eigenvalue weighted by molar-refractivity contribution is -0.237. The molecule has 2 aliphatic heterocycles. The van der Waals surface area contributed by atoms with Crippen molar-refractivity contribution in [1.82, 2.24) is 0 Å². The zero-order valence-corrected chi connectivity index (χ0v) is 30.9. The van der Waals surface area contributed by atoms with Crippen LogP contribution in [-0.4, -0.2) is 25.4 Å². The maximum absolute atomic E-state index is 15.5. The molecule has 2 aliphatic rings. The van der Waals surface area contributed by atoms with Crippen LogP contribution in [0.4, 0.5) is 8.78 Å². The van der Waals surface area contributed by atoms with Gasteiger partial charge in [-0.15, -0.1) is 0 Å². The molecule has 274 valence electrons. The molecule has 3 aromatic rings. The largest absolute Gasteiger partial charge is 0.348 e. The van der Waals surface area contributed by atoms with Gasteiger partial charge in [-0.2, -0.15) is 0 Å². The summed E-state index contributed by atoms with van der Waals surface area (Å²) in [5.41, 5.74) is 3.41. The molecule has 0 aliphatic carbocycles. The third-order valence-corrected chi connectivity index (χ3v) is 10.9. The fourth-order valence-electron chi connectivity index (χ4n) is 7.38. The van der Waals surface area contributed by atoms with E-state index in [4.69, 9.17) is 18.9 Å². The van der Waals surface area contributed by atoms with Gasteiger partial charge >= 0.3 is 0 Å². The van der Waals surface area contributed by atoms with Crippen molar-refractivity contribution in [2.75, 3.05) is 13.2 Å². The summed E-state index contributed by atoms with van der Waals surface area (Å²) in [6.07, 6.45) is 16.9. The SMILES string of the molecule is CCCCCCCCC1COC(c2ccc(-c3ccc(-c4ccc(C5OCC(CCCCCCCC)C(C)O5)cc4)c(F)c3F)cc2)OC1C. The van der Waals surface area contributed by atoms with Crippen molar-refractivity contribution in [3.63, 3.8) is 0 Å². The molecule has 0 bridgehead atoms. The predicted molar refractivity (Wildman–Crippen MR) is 199 cm³/mol. The Kier molecular flexibility index (Phi) is 15.3. The van der Waals surface area contributed by atoms with Gasteiger partial charge in [0.15, 0.2) is 24.2 Å². The van der Waals surface area contributed by atoms with E-state index in [2.05, 4.69) is 27.7 Å². The van der Waals surface area contributed by atoms with Crippen LogP contribution >= 0.6 is 0 Å². The zero-order valence-electron chi connectivity index (χ0n) is 30.9. The van der Waals surface area contributed by atoms with Gasteiger partial charge in [0.05, 0.1) is 25.4 Å². The van der Waals surface area contributed by atoms with Crippen LogP contribution in [0.1, 0.15) is 141 Å². The second-order valence-corrected chi connectivity index (χ2v) is 14.7. The molecular formula is C44H60F2O4. The summed E-state index contributed by atoms with van der Waals surface area (Å²) in [6.45, 7) is 10.1. The Bertz CT molecular complexity index is 1320. The Morgan fingerprint density at radius 3 is 1.22 bits per heavy atom. The maximum Gasteiger partial charge on any atom is 0.184 e. The monoisotopic (exact) mass is 690 g/mol. The summed E-state index contributed by atoms with van der Waals surface area (Å²) >= 11 is 0. The van der Waals surface area contributed by atoms with Gasteiger partial charge in [0.2, 0.25) is 0 Å².